The van der Waals surface area contributed by atoms with Gasteiger partial charge in [-0.05, 0) is 0 Å². The van der Waals surface area contributed by atoms with Crippen molar-refractivity contribution in [1.29, 1.82) is 0 Å². The first kappa shape index (κ1) is 74.4. The fourth-order valence-corrected chi connectivity index (χ4v) is 0. The molecule has 0 spiro atoms. The largest absolute Gasteiger partial charge is 4.00 e. The van der Waals surface area contributed by atoms with Gasteiger partial charge >= 0.3 is 332 Å². The van der Waals surface area contributed by atoms with Crippen molar-refractivity contribution >= 4 is 0 Å². The Labute approximate surface area is 325 Å². The molecule has 0 heterocycles. The number of rotatable bonds is 0. The van der Waals surface area contributed by atoms with Gasteiger partial charge in [0.2, 0.25) is 0 Å². The molecular weight excluding hydrogens is 1230 g/mol. The summed E-state index contributed by atoms with van der Waals surface area (Å²) in [7, 11) is 0. The first-order chi connectivity index (χ1) is 14.0. The summed E-state index contributed by atoms with van der Waals surface area (Å²) in [5, 5.41) is 0. The van der Waals surface area contributed by atoms with Crippen molar-refractivity contribution in [2.75, 3.05) is 0 Å². The predicted molar refractivity (Wildman–Crippen MR) is 9.61 cm³/mol. The van der Waals surface area contributed by atoms with Crippen LogP contribution in [0.15, 0.2) is 0 Å². The average molecular weight is 1230 g/mol. The molecule has 39 heteroatoms. The van der Waals surface area contributed by atoms with E-state index in [1.165, 1.54) is 0 Å². The van der Waals surface area contributed by atoms with Crippen LogP contribution in [-0.2, 0) is 196 Å². The third-order valence-electron chi connectivity index (χ3n) is 0. The van der Waals surface area contributed by atoms with Crippen molar-refractivity contribution in [2.45, 2.75) is 0 Å². The molecule has 0 rings (SSSR count). The van der Waals surface area contributed by atoms with E-state index in [1.54, 1.807) is 0 Å². The Morgan fingerprint density at radius 2 is 0.256 bits per heavy atom. The van der Waals surface area contributed by atoms with E-state index in [2.05, 4.69) is 0 Å². The van der Waals surface area contributed by atoms with Gasteiger partial charge in [0.15, 0.2) is 0 Å². The number of hydrogen-bond acceptors (Lipinski definition) is 28. The van der Waals surface area contributed by atoms with Crippen molar-refractivity contribution < 1.29 is 332 Å². The molecule has 0 aromatic carbocycles. The van der Waals surface area contributed by atoms with E-state index in [0.29, 0.717) is 0 Å². The molecule has 0 fully saturated rings. The third kappa shape index (κ3) is 3400. The molecule has 0 amide bonds. The fourth-order valence-electron chi connectivity index (χ4n) is 0. The Morgan fingerprint density at radius 1 is 0.256 bits per heavy atom. The monoisotopic (exact) mass is 1230 g/mol. The summed E-state index contributed by atoms with van der Waals surface area (Å²) < 4.78 is 241. The van der Waals surface area contributed by atoms with Crippen molar-refractivity contribution in [3.63, 3.8) is 0 Å². The smallest absolute Gasteiger partial charge is 4.00 e. The maximum Gasteiger partial charge on any atom is 4.00 e. The van der Waals surface area contributed by atoms with Crippen LogP contribution in [0.2, 0.25) is 0 Å². The van der Waals surface area contributed by atoms with Gasteiger partial charge in [0, 0.05) is 0 Å². The summed E-state index contributed by atoms with van der Waals surface area (Å²) in [6.45, 7) is 0. The Balaban J connectivity index is -0.0000000256. The van der Waals surface area contributed by atoms with Crippen molar-refractivity contribution in [1.82, 2.24) is 0 Å². The van der Waals surface area contributed by atoms with Crippen LogP contribution >= 0.6 is 0 Å². The molecule has 0 saturated heterocycles. The second-order valence-electron chi connectivity index (χ2n) is 2.86. The van der Waals surface area contributed by atoms with Crippen molar-refractivity contribution in [3.05, 3.63) is 0 Å². The van der Waals surface area contributed by atoms with Gasteiger partial charge in [0.25, 0.3) is 0 Å². The minimum Gasteiger partial charge on any atom is 4.00 e. The molecular formula is CeCr7LaO28TiZr. The molecule has 28 nitrogen and oxygen atoms in total. The quantitative estimate of drug-likeness (QED) is 0.203. The number of hydrogen-bond donors (Lipinski definition) is 0. The van der Waals surface area contributed by atoms with Crippen LogP contribution in [0.25, 0.3) is 0 Å². The summed E-state index contributed by atoms with van der Waals surface area (Å²) >= 11 is -40.2. The Hall–Kier alpha value is 4.54. The zero-order valence-electron chi connectivity index (χ0n) is 16.4. The van der Waals surface area contributed by atoms with E-state index in [-0.39, 0.29) is 125 Å². The Bertz CT molecular complexity index is 929. The van der Waals surface area contributed by atoms with E-state index in [0.717, 1.165) is 0 Å². The van der Waals surface area contributed by atoms with Gasteiger partial charge in [-0.2, -0.15) is 0 Å². The second kappa shape index (κ2) is 33.9. The van der Waals surface area contributed by atoms with Crippen LogP contribution in [-0.4, -0.2) is 0 Å². The summed E-state index contributed by atoms with van der Waals surface area (Å²) in [4.78, 5) is 0. The Morgan fingerprint density at radius 3 is 0.256 bits per heavy atom. The first-order valence-corrected chi connectivity index (χ1v) is 19.2. The van der Waals surface area contributed by atoms with E-state index >= 15 is 0 Å². The summed E-state index contributed by atoms with van der Waals surface area (Å²) in [6.07, 6.45) is 0. The molecule has 225 valence electrons. The maximum atomic E-state index is 8.59. The molecule has 0 aliphatic rings. The maximum absolute atomic E-state index is 8.59. The zero-order chi connectivity index (χ0) is 31.5. The van der Waals surface area contributed by atoms with Crippen LogP contribution in [0.4, 0.5) is 0 Å². The molecule has 0 aliphatic heterocycles. The van der Waals surface area contributed by atoms with Gasteiger partial charge in [-0.25, -0.2) is 0 Å². The van der Waals surface area contributed by atoms with Gasteiger partial charge in [-0.1, -0.05) is 0 Å². The van der Waals surface area contributed by atoms with Crippen LogP contribution < -0.4 is 58.2 Å². The molecule has 0 aliphatic carbocycles. The zero-order valence-corrected chi connectivity index (χ0v) is 36.1. The molecule has 0 bridgehead atoms. The van der Waals surface area contributed by atoms with Crippen LogP contribution in [0.5, 0.6) is 0 Å². The van der Waals surface area contributed by atoms with Gasteiger partial charge in [-0.15, -0.1) is 0 Å². The minimum atomic E-state index is -5.75. The molecule has 0 aromatic rings. The topological polar surface area (TPSA) is 562 Å². The molecule has 0 aromatic heterocycles. The third-order valence-corrected chi connectivity index (χ3v) is 0. The molecule has 39 heavy (non-hydrogen) atoms. The standard InChI is InChI=1S/Ce.7Cr.La.28O.Ti.Zr/q+3;;;;;;;;+3;;;;;;;;;;;;;;;14*-1;2*+4. The Kier molecular flexibility index (Phi) is 64.7. The van der Waals surface area contributed by atoms with Crippen LogP contribution in [0.1, 0.15) is 0 Å². The summed E-state index contributed by atoms with van der Waals surface area (Å²) in [6, 6.07) is 0. The predicted octanol–water partition coefficient (Wildman–Crippen LogP) is -18.3. The van der Waals surface area contributed by atoms with Crippen molar-refractivity contribution in [2.24, 2.45) is 0 Å². The van der Waals surface area contributed by atoms with Gasteiger partial charge < -0.3 is 0 Å². The van der Waals surface area contributed by atoms with E-state index in [4.69, 9.17) is 111 Å². The van der Waals surface area contributed by atoms with Gasteiger partial charge in [0.1, 0.15) is 0 Å². The summed E-state index contributed by atoms with van der Waals surface area (Å²) in [5.74, 6) is 0. The first-order valence-electron chi connectivity index (χ1n) is 4.67. The normalized spacial score (nSPS) is 10.4. The van der Waals surface area contributed by atoms with Gasteiger partial charge in [0.05, 0.1) is 0 Å². The molecule has 0 saturated carbocycles. The van der Waals surface area contributed by atoms with Gasteiger partial charge in [-0.3, -0.25) is 0 Å². The molecule has 1 radical (unpaired) electrons. The SMILES string of the molecule is [Ce+3].[La+3].[O]=[Cr](=[O])([O-])[O-].[O]=[Cr](=[O])([O-])[O-].[O]=[Cr](=[O])([O-])[O-].[O]=[Cr](=[O])([O-])[O-].[O]=[Cr](=[O])([O-])[O-].[O]=[Cr](=[O])([O-])[O-].[O]=[Cr](=[O])([O-])[O-].[Ti+4].[Zr+4]. The van der Waals surface area contributed by atoms with Crippen LogP contribution in [0.3, 0.4) is 0 Å². The van der Waals surface area contributed by atoms with E-state index in [1.807, 2.05) is 0 Å². The summed E-state index contributed by atoms with van der Waals surface area (Å²) in [5.41, 5.74) is 0. The van der Waals surface area contributed by atoms with Crippen molar-refractivity contribution in [3.8, 4) is 0 Å². The molecule has 0 N–H and O–H groups in total. The molecule has 0 unspecified atom stereocenters. The van der Waals surface area contributed by atoms with Crippen LogP contribution in [0, 0.1) is 77.3 Å². The van der Waals surface area contributed by atoms with E-state index < -0.39 is 95.3 Å². The average Bonchev–Trinajstić information content (AvgIpc) is 2.06. The minimum absolute atomic E-state index is 0. The molecule has 0 atom stereocenters. The van der Waals surface area contributed by atoms with E-state index in [9.17, 15) is 0 Å². The fraction of sp³-hybridized carbons (Fsp3) is 0. The second-order valence-corrected chi connectivity index (χ2v) is 11.8.